The van der Waals surface area contributed by atoms with Gasteiger partial charge in [0.25, 0.3) is 5.91 Å². The van der Waals surface area contributed by atoms with E-state index >= 15 is 0 Å². The highest BCUT2D eigenvalue weighted by Gasteiger charge is 2.67. The summed E-state index contributed by atoms with van der Waals surface area (Å²) < 4.78 is 9.79. The number of amides is 3. The van der Waals surface area contributed by atoms with Crippen molar-refractivity contribution in [2.75, 3.05) is 19.0 Å². The van der Waals surface area contributed by atoms with Crippen LogP contribution in [0.2, 0.25) is 0 Å². The zero-order valence-electron chi connectivity index (χ0n) is 17.2. The van der Waals surface area contributed by atoms with Crippen LogP contribution < -0.4 is 10.6 Å². The van der Waals surface area contributed by atoms with Crippen LogP contribution in [0.4, 0.5) is 4.79 Å². The molecule has 0 aliphatic carbocycles. The van der Waals surface area contributed by atoms with Crippen LogP contribution in [0, 0.1) is 0 Å². The Hall–Kier alpha value is -3.06. The summed E-state index contributed by atoms with van der Waals surface area (Å²) >= 11 is 2.49. The molecule has 2 atom stereocenters. The van der Waals surface area contributed by atoms with Crippen molar-refractivity contribution in [3.8, 4) is 0 Å². The van der Waals surface area contributed by atoms with Crippen molar-refractivity contribution in [2.24, 2.45) is 0 Å². The van der Waals surface area contributed by atoms with Crippen molar-refractivity contribution in [3.05, 3.63) is 33.7 Å². The van der Waals surface area contributed by atoms with E-state index in [0.717, 1.165) is 21.5 Å². The molecule has 13 heteroatoms. The van der Waals surface area contributed by atoms with Crippen LogP contribution in [-0.2, 0) is 35.1 Å². The third-order valence-electron chi connectivity index (χ3n) is 4.63. The molecule has 0 saturated carbocycles. The summed E-state index contributed by atoms with van der Waals surface area (Å²) in [5.41, 5.74) is -1.98. The van der Waals surface area contributed by atoms with Gasteiger partial charge in [-0.2, -0.15) is 0 Å². The van der Waals surface area contributed by atoms with Crippen LogP contribution in [0.25, 0.3) is 0 Å². The molecule has 0 spiro atoms. The number of esters is 1. The number of ether oxygens (including phenoxy) is 2. The van der Waals surface area contributed by atoms with Gasteiger partial charge in [0.1, 0.15) is 17.7 Å². The molecular weight excluding hydrogens is 462 g/mol. The van der Waals surface area contributed by atoms with Crippen LogP contribution in [0.15, 0.2) is 28.8 Å². The number of β-lactam (4-membered cyclic amide) rings is 1. The molecule has 2 aliphatic heterocycles. The third-order valence-corrected chi connectivity index (χ3v) is 6.90. The minimum atomic E-state index is -1.88. The topological polar surface area (TPSA) is 151 Å². The van der Waals surface area contributed by atoms with Gasteiger partial charge in [0.05, 0.1) is 13.0 Å². The molecule has 1 aromatic rings. The van der Waals surface area contributed by atoms with Crippen LogP contribution >= 0.6 is 23.1 Å². The Kier molecular flexibility index (Phi) is 7.09. The minimum Gasteiger partial charge on any atom is -0.477 e. The maximum atomic E-state index is 13.2. The standard InChI is InChI=1S/C19H21N3O8S2/c1-3-29-18(28)21-19(20-13(24)7-12-5-4-6-31-12)16(27)22-14(15(25)26)11(8-30-10(2)23)9-32-17(19)22/h4-6,17H,3,7-9H2,1-2H3,(H,20,24)(H,21,28)(H,25,26)/t17-,19+/m1/s1. The monoisotopic (exact) mass is 483 g/mol. The molecule has 172 valence electrons. The first-order valence-electron chi connectivity index (χ1n) is 9.51. The van der Waals surface area contributed by atoms with Crippen LogP contribution in [0.1, 0.15) is 18.7 Å². The number of nitrogens with one attached hydrogen (secondary N) is 2. The number of carbonyl (C=O) groups excluding carboxylic acids is 4. The van der Waals surface area contributed by atoms with E-state index in [2.05, 4.69) is 10.6 Å². The number of hydrogen-bond acceptors (Lipinski definition) is 9. The van der Waals surface area contributed by atoms with E-state index in [9.17, 15) is 29.1 Å². The van der Waals surface area contributed by atoms with E-state index in [1.54, 1.807) is 24.4 Å². The number of thioether (sulfide) groups is 1. The van der Waals surface area contributed by atoms with Gasteiger partial charge in [0.15, 0.2) is 0 Å². The van der Waals surface area contributed by atoms with Crippen molar-refractivity contribution in [1.82, 2.24) is 15.5 Å². The van der Waals surface area contributed by atoms with Gasteiger partial charge in [0, 0.05) is 23.1 Å². The number of rotatable bonds is 8. The predicted octanol–water partition coefficient (Wildman–Crippen LogP) is 0.666. The average Bonchev–Trinajstić information content (AvgIpc) is 3.23. The number of nitrogens with zero attached hydrogens (tertiary/aromatic N) is 1. The molecule has 0 bridgehead atoms. The second-order valence-electron chi connectivity index (χ2n) is 6.83. The number of hydrogen-bond donors (Lipinski definition) is 3. The van der Waals surface area contributed by atoms with Gasteiger partial charge >= 0.3 is 18.0 Å². The van der Waals surface area contributed by atoms with Crippen molar-refractivity contribution in [1.29, 1.82) is 0 Å². The van der Waals surface area contributed by atoms with E-state index in [4.69, 9.17) is 9.47 Å². The number of carboxylic acids is 1. The van der Waals surface area contributed by atoms with Crippen molar-refractivity contribution >= 4 is 52.9 Å². The number of carbonyl (C=O) groups is 5. The van der Waals surface area contributed by atoms with Crippen molar-refractivity contribution in [3.63, 3.8) is 0 Å². The number of thiophene rings is 1. The smallest absolute Gasteiger partial charge is 0.409 e. The highest BCUT2D eigenvalue weighted by atomic mass is 32.2. The van der Waals surface area contributed by atoms with Gasteiger partial charge in [0.2, 0.25) is 11.6 Å². The zero-order chi connectivity index (χ0) is 23.5. The van der Waals surface area contributed by atoms with E-state index in [1.165, 1.54) is 18.3 Å². The summed E-state index contributed by atoms with van der Waals surface area (Å²) in [7, 11) is 0. The van der Waals surface area contributed by atoms with E-state index in [0.29, 0.717) is 0 Å². The largest absolute Gasteiger partial charge is 0.477 e. The molecule has 3 heterocycles. The Morgan fingerprint density at radius 2 is 2.03 bits per heavy atom. The van der Waals surface area contributed by atoms with Gasteiger partial charge in [-0.1, -0.05) is 6.07 Å². The second kappa shape index (κ2) is 9.61. The van der Waals surface area contributed by atoms with E-state index in [1.807, 2.05) is 0 Å². The molecular formula is C19H21N3O8S2. The Morgan fingerprint density at radius 3 is 2.62 bits per heavy atom. The molecule has 1 aromatic heterocycles. The molecule has 1 fully saturated rings. The minimum absolute atomic E-state index is 0.0199. The molecule has 2 aliphatic rings. The van der Waals surface area contributed by atoms with Gasteiger partial charge in [-0.05, 0) is 18.4 Å². The lowest BCUT2D eigenvalue weighted by molar-refractivity contribution is -0.161. The number of carboxylic acid groups (broad SMARTS) is 1. The van der Waals surface area contributed by atoms with Crippen LogP contribution in [0.3, 0.4) is 0 Å². The first-order chi connectivity index (χ1) is 15.2. The summed E-state index contributed by atoms with van der Waals surface area (Å²) in [6.45, 7) is 2.52. The van der Waals surface area contributed by atoms with Crippen molar-refractivity contribution in [2.45, 2.75) is 31.3 Å². The fourth-order valence-corrected chi connectivity index (χ4v) is 5.45. The van der Waals surface area contributed by atoms with Crippen LogP contribution in [-0.4, -0.2) is 69.9 Å². The zero-order valence-corrected chi connectivity index (χ0v) is 18.8. The highest BCUT2D eigenvalue weighted by molar-refractivity contribution is 8.00. The first-order valence-corrected chi connectivity index (χ1v) is 11.4. The number of aliphatic carboxylic acids is 1. The molecule has 0 unspecified atom stereocenters. The SMILES string of the molecule is CCOC(=O)N[C@@]1(NC(=O)Cc2cccs2)C(=O)N2C(C(=O)O)=C(COC(C)=O)CS[C@@H]21. The highest BCUT2D eigenvalue weighted by Crippen LogP contribution is 2.45. The molecule has 11 nitrogen and oxygen atoms in total. The first kappa shape index (κ1) is 23.6. The lowest BCUT2D eigenvalue weighted by Crippen LogP contribution is -2.86. The summed E-state index contributed by atoms with van der Waals surface area (Å²) in [4.78, 5) is 62.9. The maximum absolute atomic E-state index is 13.2. The summed E-state index contributed by atoms with van der Waals surface area (Å²) in [5.74, 6) is -3.23. The summed E-state index contributed by atoms with van der Waals surface area (Å²) in [6, 6.07) is 3.54. The summed E-state index contributed by atoms with van der Waals surface area (Å²) in [6.07, 6.45) is -0.947. The fourth-order valence-electron chi connectivity index (χ4n) is 3.34. The van der Waals surface area contributed by atoms with Gasteiger partial charge in [-0.15, -0.1) is 23.1 Å². The quantitative estimate of drug-likeness (QED) is 0.275. The normalized spacial score (nSPS) is 21.9. The average molecular weight is 484 g/mol. The third kappa shape index (κ3) is 4.58. The molecule has 0 radical (unpaired) electrons. The van der Waals surface area contributed by atoms with E-state index in [-0.39, 0.29) is 36.7 Å². The summed E-state index contributed by atoms with van der Waals surface area (Å²) in [5, 5.41) is 15.6. The van der Waals surface area contributed by atoms with Gasteiger partial charge in [-0.25, -0.2) is 9.59 Å². The Balaban J connectivity index is 1.89. The van der Waals surface area contributed by atoms with Gasteiger partial charge < -0.3 is 19.9 Å². The number of fused-ring (bicyclic) bond motifs is 1. The van der Waals surface area contributed by atoms with Gasteiger partial charge in [-0.3, -0.25) is 24.6 Å². The molecule has 32 heavy (non-hydrogen) atoms. The molecule has 0 aromatic carbocycles. The predicted molar refractivity (Wildman–Crippen MR) is 113 cm³/mol. The molecule has 3 amide bonds. The Bertz CT molecular complexity index is 977. The Morgan fingerprint density at radius 1 is 1.28 bits per heavy atom. The van der Waals surface area contributed by atoms with Crippen LogP contribution in [0.5, 0.6) is 0 Å². The van der Waals surface area contributed by atoms with Crippen molar-refractivity contribution < 1.29 is 38.6 Å². The fraction of sp³-hybridized carbons (Fsp3) is 0.421. The maximum Gasteiger partial charge on any atom is 0.409 e. The lowest BCUT2D eigenvalue weighted by Gasteiger charge is -2.56. The molecule has 3 rings (SSSR count). The number of alkyl carbamates (subject to hydrolysis) is 1. The van der Waals surface area contributed by atoms with E-state index < -0.39 is 40.9 Å². The molecule has 1 saturated heterocycles. The lowest BCUT2D eigenvalue weighted by atomic mass is 9.94. The molecule has 3 N–H and O–H groups in total. The second-order valence-corrected chi connectivity index (χ2v) is 8.93. The Labute approximate surface area is 191 Å².